The van der Waals surface area contributed by atoms with Gasteiger partial charge < -0.3 is 20.0 Å². The zero-order valence-corrected chi connectivity index (χ0v) is 14.1. The van der Waals surface area contributed by atoms with E-state index in [1.165, 1.54) is 4.90 Å². The number of aliphatic carboxylic acids is 1. The van der Waals surface area contributed by atoms with Gasteiger partial charge in [-0.25, -0.2) is 4.98 Å². The first kappa shape index (κ1) is 17.2. The number of carbonyl (C=O) groups is 2. The van der Waals surface area contributed by atoms with Crippen LogP contribution in [0, 0.1) is 0 Å². The molecule has 1 aliphatic heterocycles. The van der Waals surface area contributed by atoms with Crippen molar-refractivity contribution in [2.45, 2.75) is 24.9 Å². The van der Waals surface area contributed by atoms with Crippen molar-refractivity contribution < 1.29 is 19.8 Å². The van der Waals surface area contributed by atoms with E-state index >= 15 is 0 Å². The van der Waals surface area contributed by atoms with Crippen molar-refractivity contribution in [1.82, 2.24) is 14.3 Å². The summed E-state index contributed by atoms with van der Waals surface area (Å²) in [6, 6.07) is 5.82. The van der Waals surface area contributed by atoms with Gasteiger partial charge in [0.15, 0.2) is 0 Å². The number of carboxylic acid groups (broad SMARTS) is 1. The number of hydrogen-bond donors (Lipinski definition) is 2. The van der Waals surface area contributed by atoms with Crippen LogP contribution in [0.1, 0.15) is 19.3 Å². The number of nitrogens with zero attached hydrogens (tertiary/aromatic N) is 4. The Balaban J connectivity index is 1.65. The molecule has 2 aromatic rings. The fraction of sp³-hybridized carbons (Fsp3) is 0.471. The van der Waals surface area contributed by atoms with Crippen molar-refractivity contribution in [2.24, 2.45) is 0 Å². The molecule has 0 bridgehead atoms. The summed E-state index contributed by atoms with van der Waals surface area (Å²) in [6.07, 6.45) is 3.89. The quantitative estimate of drug-likeness (QED) is 0.795. The normalized spacial score (nSPS) is 20.2. The fourth-order valence-electron chi connectivity index (χ4n) is 3.31. The lowest BCUT2D eigenvalue weighted by molar-refractivity contribution is -0.141. The highest BCUT2D eigenvalue weighted by Gasteiger charge is 2.38. The van der Waals surface area contributed by atoms with Gasteiger partial charge in [-0.15, -0.1) is 0 Å². The number of hydrogen-bond acceptors (Lipinski definition) is 5. The van der Waals surface area contributed by atoms with Crippen molar-refractivity contribution in [3.8, 4) is 0 Å². The Morgan fingerprint density at radius 2 is 2.16 bits per heavy atom. The highest BCUT2D eigenvalue weighted by atomic mass is 16.4. The molecule has 1 aliphatic rings. The zero-order valence-electron chi connectivity index (χ0n) is 14.1. The van der Waals surface area contributed by atoms with Crippen LogP contribution in [-0.4, -0.2) is 68.7 Å². The molecular formula is C17H22N4O4. The topological polar surface area (TPSA) is 98.4 Å². The fourth-order valence-corrected chi connectivity index (χ4v) is 3.31. The molecule has 0 aliphatic carbocycles. The molecule has 0 saturated carbocycles. The molecule has 1 fully saturated rings. The predicted octanol–water partition coefficient (Wildman–Crippen LogP) is 0.599. The summed E-state index contributed by atoms with van der Waals surface area (Å²) in [5.74, 6) is -0.322. The first-order chi connectivity index (χ1) is 11.9. The van der Waals surface area contributed by atoms with Gasteiger partial charge in [0.25, 0.3) is 0 Å². The van der Waals surface area contributed by atoms with Gasteiger partial charge in [0.05, 0.1) is 13.0 Å². The van der Waals surface area contributed by atoms with Crippen molar-refractivity contribution in [3.63, 3.8) is 0 Å². The summed E-state index contributed by atoms with van der Waals surface area (Å²) in [7, 11) is 1.60. The maximum atomic E-state index is 12.0. The second-order valence-electron chi connectivity index (χ2n) is 6.58. The van der Waals surface area contributed by atoms with Crippen LogP contribution in [0.2, 0.25) is 0 Å². The molecule has 0 spiro atoms. The van der Waals surface area contributed by atoms with Gasteiger partial charge in [0, 0.05) is 39.0 Å². The number of rotatable bonds is 6. The summed E-state index contributed by atoms with van der Waals surface area (Å²) in [5.41, 5.74) is -0.176. The molecule has 2 N–H and O–H groups in total. The lowest BCUT2D eigenvalue weighted by Gasteiger charge is -2.29. The van der Waals surface area contributed by atoms with Gasteiger partial charge in [-0.2, -0.15) is 0 Å². The Kier molecular flexibility index (Phi) is 4.63. The Morgan fingerprint density at radius 1 is 1.36 bits per heavy atom. The zero-order chi connectivity index (χ0) is 18.0. The number of imidazole rings is 1. The molecule has 0 radical (unpaired) electrons. The maximum absolute atomic E-state index is 12.0. The van der Waals surface area contributed by atoms with Crippen LogP contribution in [0.15, 0.2) is 30.6 Å². The first-order valence-corrected chi connectivity index (χ1v) is 8.23. The van der Waals surface area contributed by atoms with E-state index in [4.69, 9.17) is 5.11 Å². The lowest BCUT2D eigenvalue weighted by atomic mass is 10.0. The van der Waals surface area contributed by atoms with Crippen LogP contribution in [0.3, 0.4) is 0 Å². The molecule has 1 saturated heterocycles. The monoisotopic (exact) mass is 346 g/mol. The number of amides is 1. The molecular weight excluding hydrogens is 324 g/mol. The number of β-amino-alcohol motifs (C(OH)–C–C–N with tert-alkyl or cyclic N) is 1. The highest BCUT2D eigenvalue weighted by molar-refractivity contribution is 5.80. The summed E-state index contributed by atoms with van der Waals surface area (Å²) < 4.78 is 1.97. The Bertz CT molecular complexity index is 790. The molecule has 0 unspecified atom stereocenters. The summed E-state index contributed by atoms with van der Waals surface area (Å²) >= 11 is 0. The molecule has 1 atom stereocenters. The predicted molar refractivity (Wildman–Crippen MR) is 91.5 cm³/mol. The third-order valence-corrected chi connectivity index (χ3v) is 4.57. The second kappa shape index (κ2) is 6.72. The molecule has 8 heteroatoms. The highest BCUT2D eigenvalue weighted by Crippen LogP contribution is 2.28. The van der Waals surface area contributed by atoms with Gasteiger partial charge in [0.2, 0.25) is 5.91 Å². The van der Waals surface area contributed by atoms with Crippen molar-refractivity contribution >= 4 is 23.3 Å². The summed E-state index contributed by atoms with van der Waals surface area (Å²) in [6.45, 7) is 1.26. The number of anilines is 1. The average Bonchev–Trinajstić information content (AvgIpc) is 3.18. The van der Waals surface area contributed by atoms with Gasteiger partial charge in [-0.05, 0) is 18.6 Å². The molecule has 0 aromatic carbocycles. The molecule has 2 aromatic heterocycles. The minimum Gasteiger partial charge on any atom is -0.481 e. The smallest absolute Gasteiger partial charge is 0.303 e. The number of carboxylic acids is 1. The van der Waals surface area contributed by atoms with E-state index < -0.39 is 11.6 Å². The van der Waals surface area contributed by atoms with Crippen LogP contribution in [0.5, 0.6) is 0 Å². The molecule has 134 valence electrons. The van der Waals surface area contributed by atoms with Gasteiger partial charge in [0.1, 0.15) is 17.1 Å². The van der Waals surface area contributed by atoms with Crippen molar-refractivity contribution in [1.29, 1.82) is 0 Å². The van der Waals surface area contributed by atoms with Crippen LogP contribution in [0.25, 0.3) is 5.65 Å². The molecule has 3 rings (SSSR count). The third-order valence-electron chi connectivity index (χ3n) is 4.57. The lowest BCUT2D eigenvalue weighted by Crippen LogP contribution is -2.46. The number of likely N-dealkylation sites (N-methyl/N-ethyl adjacent to an activating group) is 1. The Morgan fingerprint density at radius 3 is 2.92 bits per heavy atom. The Labute approximate surface area is 145 Å². The van der Waals surface area contributed by atoms with E-state index in [1.807, 2.05) is 28.8 Å². The van der Waals surface area contributed by atoms with E-state index in [2.05, 4.69) is 9.88 Å². The van der Waals surface area contributed by atoms with Gasteiger partial charge in [-0.3, -0.25) is 14.0 Å². The molecule has 8 nitrogen and oxygen atoms in total. The summed E-state index contributed by atoms with van der Waals surface area (Å²) in [4.78, 5) is 30.3. The van der Waals surface area contributed by atoms with Crippen LogP contribution >= 0.6 is 0 Å². The molecule has 1 amide bonds. The second-order valence-corrected chi connectivity index (χ2v) is 6.58. The Hall–Kier alpha value is -2.61. The minimum atomic E-state index is -1.02. The van der Waals surface area contributed by atoms with E-state index in [0.29, 0.717) is 19.5 Å². The van der Waals surface area contributed by atoms with Gasteiger partial charge >= 0.3 is 5.97 Å². The van der Waals surface area contributed by atoms with Crippen molar-refractivity contribution in [3.05, 3.63) is 30.6 Å². The van der Waals surface area contributed by atoms with Crippen LogP contribution in [-0.2, 0) is 9.59 Å². The van der Waals surface area contributed by atoms with E-state index in [9.17, 15) is 14.7 Å². The number of aliphatic hydroxyl groups is 1. The number of fused-ring (bicyclic) bond motifs is 1. The van der Waals surface area contributed by atoms with Crippen molar-refractivity contribution in [2.75, 3.05) is 31.6 Å². The summed E-state index contributed by atoms with van der Waals surface area (Å²) in [5, 5.41) is 19.5. The number of pyridine rings is 1. The molecule has 3 heterocycles. The number of carbonyl (C=O) groups excluding carboxylic acids is 1. The third kappa shape index (κ3) is 3.74. The maximum Gasteiger partial charge on any atom is 0.303 e. The van der Waals surface area contributed by atoms with Crippen LogP contribution < -0.4 is 4.90 Å². The van der Waals surface area contributed by atoms with Gasteiger partial charge in [-0.1, -0.05) is 6.07 Å². The number of aromatic nitrogens is 2. The largest absolute Gasteiger partial charge is 0.481 e. The van der Waals surface area contributed by atoms with E-state index in [0.717, 1.165) is 11.5 Å². The first-order valence-electron chi connectivity index (χ1n) is 8.23. The van der Waals surface area contributed by atoms with Crippen LogP contribution in [0.4, 0.5) is 5.82 Å². The van der Waals surface area contributed by atoms with E-state index in [1.54, 1.807) is 13.2 Å². The minimum absolute atomic E-state index is 0.0556. The van der Waals surface area contributed by atoms with E-state index in [-0.39, 0.29) is 25.3 Å². The SMILES string of the molecule is CN(C[C@]1(O)CCN(c2cccc3nccn23)C1)C(=O)CCC(=O)O. The molecule has 25 heavy (non-hydrogen) atoms. The average molecular weight is 346 g/mol. The standard InChI is InChI=1S/C17H22N4O4/c1-19(15(22)5-6-16(23)24)11-17(25)7-9-20(12-17)14-4-2-3-13-18-8-10-21(13)14/h2-4,8,10,25H,5-7,9,11-12H2,1H3,(H,23,24)/t17-/m1/s1.